The lowest BCUT2D eigenvalue weighted by Gasteiger charge is -2.32. The molecule has 1 aliphatic rings. The molecule has 5 nitrogen and oxygen atoms in total. The molecule has 1 heterocycles. The predicted octanol–water partition coefficient (Wildman–Crippen LogP) is 1.80. The number of amides is 2. The van der Waals surface area contributed by atoms with Gasteiger partial charge in [0.15, 0.2) is 0 Å². The second-order valence-electron chi connectivity index (χ2n) is 6.82. The highest BCUT2D eigenvalue weighted by molar-refractivity contribution is 6.01. The van der Waals surface area contributed by atoms with Gasteiger partial charge in [-0.05, 0) is 23.5 Å². The van der Waals surface area contributed by atoms with Crippen LogP contribution in [0.2, 0.25) is 0 Å². The molecule has 0 fully saturated rings. The molecule has 2 amide bonds. The molecule has 5 heteroatoms. The van der Waals surface area contributed by atoms with Gasteiger partial charge in [0.2, 0.25) is 5.91 Å². The minimum atomic E-state index is -0.539. The zero-order valence-corrected chi connectivity index (χ0v) is 14.2. The van der Waals surface area contributed by atoms with Crippen LogP contribution in [0.15, 0.2) is 24.3 Å². The standard InChI is InChI=1S/C18H26N2O3/c1-11(2)15(10-21)19-17(22)16(12(3)4)20-9-13-7-5-6-8-14(13)18(20)23/h5-8,11-12,15-16,21H,9-10H2,1-4H3,(H,19,22)/t15-,16-/m0/s1. The zero-order chi connectivity index (χ0) is 17.1. The summed E-state index contributed by atoms with van der Waals surface area (Å²) in [5.74, 6) is -0.184. The fraction of sp³-hybridized carbons (Fsp3) is 0.556. The molecule has 0 unspecified atom stereocenters. The minimum absolute atomic E-state index is 0.0141. The van der Waals surface area contributed by atoms with E-state index in [0.29, 0.717) is 12.1 Å². The number of hydrogen-bond donors (Lipinski definition) is 2. The fourth-order valence-electron chi connectivity index (χ4n) is 3.00. The van der Waals surface area contributed by atoms with Crippen LogP contribution < -0.4 is 5.32 Å². The number of nitrogens with zero attached hydrogens (tertiary/aromatic N) is 1. The van der Waals surface area contributed by atoms with E-state index in [1.807, 2.05) is 45.9 Å². The van der Waals surface area contributed by atoms with Gasteiger partial charge in [-0.15, -0.1) is 0 Å². The molecule has 0 aliphatic carbocycles. The molecule has 1 aromatic carbocycles. The van der Waals surface area contributed by atoms with Gasteiger partial charge >= 0.3 is 0 Å². The van der Waals surface area contributed by atoms with Crippen LogP contribution in [0.25, 0.3) is 0 Å². The van der Waals surface area contributed by atoms with Gasteiger partial charge in [0.25, 0.3) is 5.91 Å². The fourth-order valence-corrected chi connectivity index (χ4v) is 3.00. The van der Waals surface area contributed by atoms with E-state index < -0.39 is 6.04 Å². The third-order valence-electron chi connectivity index (χ3n) is 4.41. The Kier molecular flexibility index (Phi) is 5.42. The highest BCUT2D eigenvalue weighted by atomic mass is 16.3. The summed E-state index contributed by atoms with van der Waals surface area (Å²) in [6.45, 7) is 8.11. The summed E-state index contributed by atoms with van der Waals surface area (Å²) in [6.07, 6.45) is 0. The molecule has 2 atom stereocenters. The average molecular weight is 318 g/mol. The first-order chi connectivity index (χ1) is 10.9. The zero-order valence-electron chi connectivity index (χ0n) is 14.2. The van der Waals surface area contributed by atoms with Gasteiger partial charge in [0.05, 0.1) is 12.6 Å². The Labute approximate surface area is 137 Å². The number of aliphatic hydroxyl groups excluding tert-OH is 1. The second-order valence-corrected chi connectivity index (χ2v) is 6.82. The second kappa shape index (κ2) is 7.13. The summed E-state index contributed by atoms with van der Waals surface area (Å²) in [5.41, 5.74) is 1.63. The van der Waals surface area contributed by atoms with Gasteiger partial charge in [0, 0.05) is 12.1 Å². The molecule has 0 bridgehead atoms. The molecule has 2 rings (SSSR count). The van der Waals surface area contributed by atoms with Gasteiger partial charge in [-0.25, -0.2) is 0 Å². The molecule has 0 saturated heterocycles. The first kappa shape index (κ1) is 17.5. The Hall–Kier alpha value is -1.88. The van der Waals surface area contributed by atoms with E-state index in [1.54, 1.807) is 11.0 Å². The van der Waals surface area contributed by atoms with Crippen molar-refractivity contribution in [2.75, 3.05) is 6.61 Å². The largest absolute Gasteiger partial charge is 0.394 e. The minimum Gasteiger partial charge on any atom is -0.394 e. The number of fused-ring (bicyclic) bond motifs is 1. The van der Waals surface area contributed by atoms with Crippen LogP contribution in [0.4, 0.5) is 0 Å². The maximum Gasteiger partial charge on any atom is 0.255 e. The number of rotatable bonds is 6. The van der Waals surface area contributed by atoms with E-state index >= 15 is 0 Å². The van der Waals surface area contributed by atoms with Crippen LogP contribution in [0.3, 0.4) is 0 Å². The van der Waals surface area contributed by atoms with Gasteiger partial charge in [0.1, 0.15) is 6.04 Å². The average Bonchev–Trinajstić information content (AvgIpc) is 2.82. The van der Waals surface area contributed by atoms with Crippen LogP contribution in [0, 0.1) is 11.8 Å². The van der Waals surface area contributed by atoms with Crippen molar-refractivity contribution in [3.63, 3.8) is 0 Å². The summed E-state index contributed by atoms with van der Waals surface area (Å²) in [4.78, 5) is 27.0. The Morgan fingerprint density at radius 1 is 1.22 bits per heavy atom. The smallest absolute Gasteiger partial charge is 0.255 e. The number of hydrogen-bond acceptors (Lipinski definition) is 3. The Bertz CT molecular complexity index is 583. The molecule has 1 aromatic rings. The van der Waals surface area contributed by atoms with Crippen molar-refractivity contribution in [3.8, 4) is 0 Å². The molecular formula is C18H26N2O3. The highest BCUT2D eigenvalue weighted by Gasteiger charge is 2.38. The number of aliphatic hydroxyl groups is 1. The third kappa shape index (κ3) is 3.55. The number of carbonyl (C=O) groups is 2. The number of carbonyl (C=O) groups excluding carboxylic acids is 2. The van der Waals surface area contributed by atoms with E-state index in [0.717, 1.165) is 5.56 Å². The molecule has 1 aliphatic heterocycles. The van der Waals surface area contributed by atoms with E-state index in [4.69, 9.17) is 0 Å². The van der Waals surface area contributed by atoms with Crippen LogP contribution in [0.5, 0.6) is 0 Å². The molecule has 0 radical (unpaired) electrons. The summed E-state index contributed by atoms with van der Waals surface area (Å²) < 4.78 is 0. The van der Waals surface area contributed by atoms with Gasteiger partial charge in [-0.2, -0.15) is 0 Å². The van der Waals surface area contributed by atoms with Crippen LogP contribution >= 0.6 is 0 Å². The highest BCUT2D eigenvalue weighted by Crippen LogP contribution is 2.27. The van der Waals surface area contributed by atoms with Crippen molar-refractivity contribution in [3.05, 3.63) is 35.4 Å². The van der Waals surface area contributed by atoms with E-state index in [2.05, 4.69) is 5.32 Å². The molecule has 2 N–H and O–H groups in total. The van der Waals surface area contributed by atoms with Crippen molar-refractivity contribution in [2.45, 2.75) is 46.3 Å². The Balaban J connectivity index is 2.20. The summed E-state index contributed by atoms with van der Waals surface area (Å²) in [7, 11) is 0. The molecule has 0 spiro atoms. The molecule has 0 saturated carbocycles. The monoisotopic (exact) mass is 318 g/mol. The maximum absolute atomic E-state index is 12.7. The van der Waals surface area contributed by atoms with Crippen molar-refractivity contribution < 1.29 is 14.7 Å². The van der Waals surface area contributed by atoms with Crippen LogP contribution in [-0.2, 0) is 11.3 Å². The van der Waals surface area contributed by atoms with E-state index in [9.17, 15) is 14.7 Å². The number of nitrogens with one attached hydrogen (secondary N) is 1. The van der Waals surface area contributed by atoms with Crippen LogP contribution in [-0.4, -0.2) is 40.5 Å². The molecule has 126 valence electrons. The summed E-state index contributed by atoms with van der Waals surface area (Å²) >= 11 is 0. The lowest BCUT2D eigenvalue weighted by atomic mass is 9.99. The first-order valence-corrected chi connectivity index (χ1v) is 8.17. The Morgan fingerprint density at radius 2 is 1.87 bits per heavy atom. The topological polar surface area (TPSA) is 69.6 Å². The molecule has 23 heavy (non-hydrogen) atoms. The van der Waals surface area contributed by atoms with Gasteiger partial charge < -0.3 is 15.3 Å². The summed E-state index contributed by atoms with van der Waals surface area (Å²) in [5, 5.41) is 12.3. The van der Waals surface area contributed by atoms with Crippen molar-refractivity contribution in [1.82, 2.24) is 10.2 Å². The SMILES string of the molecule is CC(C)[C@H](CO)NC(=O)[C@H](C(C)C)N1Cc2ccccc2C1=O. The third-order valence-corrected chi connectivity index (χ3v) is 4.41. The summed E-state index contributed by atoms with van der Waals surface area (Å²) in [6, 6.07) is 6.63. The van der Waals surface area contributed by atoms with E-state index in [-0.39, 0.29) is 36.3 Å². The molecule has 0 aromatic heterocycles. The van der Waals surface area contributed by atoms with Crippen molar-refractivity contribution in [1.29, 1.82) is 0 Å². The molecular weight excluding hydrogens is 292 g/mol. The first-order valence-electron chi connectivity index (χ1n) is 8.17. The van der Waals surface area contributed by atoms with Gasteiger partial charge in [-0.3, -0.25) is 9.59 Å². The van der Waals surface area contributed by atoms with Gasteiger partial charge in [-0.1, -0.05) is 45.9 Å². The van der Waals surface area contributed by atoms with Crippen molar-refractivity contribution in [2.24, 2.45) is 11.8 Å². The van der Waals surface area contributed by atoms with Crippen molar-refractivity contribution >= 4 is 11.8 Å². The lowest BCUT2D eigenvalue weighted by molar-refractivity contribution is -0.128. The normalized spacial score (nSPS) is 16.7. The predicted molar refractivity (Wildman–Crippen MR) is 88.8 cm³/mol. The maximum atomic E-state index is 12.7. The van der Waals surface area contributed by atoms with Crippen LogP contribution in [0.1, 0.15) is 43.6 Å². The lowest BCUT2D eigenvalue weighted by Crippen LogP contribution is -2.54. The van der Waals surface area contributed by atoms with E-state index in [1.165, 1.54) is 0 Å². The Morgan fingerprint density at radius 3 is 2.39 bits per heavy atom. The number of benzene rings is 1. The quantitative estimate of drug-likeness (QED) is 0.840.